The maximum absolute atomic E-state index is 13.2. The Morgan fingerprint density at radius 1 is 0.909 bits per heavy atom. The van der Waals surface area contributed by atoms with Crippen LogP contribution in [0.5, 0.6) is 0 Å². The van der Waals surface area contributed by atoms with Gasteiger partial charge in [-0.25, -0.2) is 8.42 Å². The molecule has 2 aliphatic heterocycles. The van der Waals surface area contributed by atoms with Crippen molar-refractivity contribution in [2.45, 2.75) is 11.3 Å². The molecule has 2 aromatic carbocycles. The molecule has 4 rings (SSSR count). The summed E-state index contributed by atoms with van der Waals surface area (Å²) in [7, 11) is -1.65. The minimum atomic E-state index is -3.63. The molecule has 2 fully saturated rings. The summed E-state index contributed by atoms with van der Waals surface area (Å²) in [5, 5.41) is 8.99. The van der Waals surface area contributed by atoms with Crippen molar-refractivity contribution in [3.05, 3.63) is 59.7 Å². The van der Waals surface area contributed by atoms with E-state index in [0.717, 1.165) is 18.7 Å². The lowest BCUT2D eigenvalue weighted by Crippen LogP contribution is -2.47. The van der Waals surface area contributed by atoms with Gasteiger partial charge in [-0.3, -0.25) is 4.79 Å². The monoisotopic (exact) mass is 467 g/mol. The number of carbonyl (C=O) groups is 1. The SMILES string of the molecule is CN1CCN(S(=O)(=O)c2cccc(C(=O)N3CCCN(c4ccc(C#N)cc4)CC3)c2)CC1. The molecule has 2 saturated heterocycles. The molecule has 8 nitrogen and oxygen atoms in total. The second-order valence-electron chi connectivity index (χ2n) is 8.53. The van der Waals surface area contributed by atoms with Gasteiger partial charge in [0, 0.05) is 63.6 Å². The van der Waals surface area contributed by atoms with Crippen LogP contribution >= 0.6 is 0 Å². The van der Waals surface area contributed by atoms with Crippen LogP contribution in [0.1, 0.15) is 22.3 Å². The van der Waals surface area contributed by atoms with Crippen LogP contribution in [0.2, 0.25) is 0 Å². The van der Waals surface area contributed by atoms with Crippen molar-refractivity contribution in [2.75, 3.05) is 64.3 Å². The Morgan fingerprint density at radius 2 is 1.64 bits per heavy atom. The largest absolute Gasteiger partial charge is 0.370 e. The second kappa shape index (κ2) is 9.91. The topological polar surface area (TPSA) is 88.0 Å². The van der Waals surface area contributed by atoms with Gasteiger partial charge in [-0.15, -0.1) is 0 Å². The Balaban J connectivity index is 1.45. The van der Waals surface area contributed by atoms with Crippen LogP contribution in [0.3, 0.4) is 0 Å². The highest BCUT2D eigenvalue weighted by atomic mass is 32.2. The normalized spacial score (nSPS) is 18.5. The van der Waals surface area contributed by atoms with Gasteiger partial charge in [0.05, 0.1) is 16.5 Å². The first-order valence-electron chi connectivity index (χ1n) is 11.2. The molecule has 0 spiro atoms. The summed E-state index contributed by atoms with van der Waals surface area (Å²) >= 11 is 0. The van der Waals surface area contributed by atoms with Crippen molar-refractivity contribution >= 4 is 21.6 Å². The third-order valence-corrected chi connectivity index (χ3v) is 8.22. The van der Waals surface area contributed by atoms with E-state index in [-0.39, 0.29) is 10.8 Å². The highest BCUT2D eigenvalue weighted by molar-refractivity contribution is 7.89. The molecule has 0 aromatic heterocycles. The molecule has 0 bridgehead atoms. The maximum Gasteiger partial charge on any atom is 0.253 e. The van der Waals surface area contributed by atoms with E-state index in [9.17, 15) is 13.2 Å². The lowest BCUT2D eigenvalue weighted by molar-refractivity contribution is 0.0766. The van der Waals surface area contributed by atoms with Gasteiger partial charge in [-0.05, 0) is 55.9 Å². The van der Waals surface area contributed by atoms with E-state index in [1.807, 2.05) is 19.2 Å². The van der Waals surface area contributed by atoms with E-state index >= 15 is 0 Å². The van der Waals surface area contributed by atoms with Gasteiger partial charge in [0.2, 0.25) is 10.0 Å². The minimum Gasteiger partial charge on any atom is -0.370 e. The predicted molar refractivity (Wildman–Crippen MR) is 127 cm³/mol. The van der Waals surface area contributed by atoms with Gasteiger partial charge < -0.3 is 14.7 Å². The summed E-state index contributed by atoms with van der Waals surface area (Å²) in [6, 6.07) is 16.0. The average Bonchev–Trinajstić information content (AvgIpc) is 3.10. The molecular formula is C24H29N5O3S. The molecule has 0 N–H and O–H groups in total. The molecule has 174 valence electrons. The number of anilines is 1. The van der Waals surface area contributed by atoms with Crippen LogP contribution in [0.15, 0.2) is 53.4 Å². The number of nitrogens with zero attached hydrogens (tertiary/aromatic N) is 5. The van der Waals surface area contributed by atoms with Crippen LogP contribution in [0.4, 0.5) is 5.69 Å². The van der Waals surface area contributed by atoms with Crippen molar-refractivity contribution in [2.24, 2.45) is 0 Å². The van der Waals surface area contributed by atoms with Gasteiger partial charge in [-0.2, -0.15) is 9.57 Å². The highest BCUT2D eigenvalue weighted by Crippen LogP contribution is 2.21. The number of piperazine rings is 1. The first kappa shape index (κ1) is 23.2. The van der Waals surface area contributed by atoms with E-state index in [1.165, 1.54) is 10.4 Å². The lowest BCUT2D eigenvalue weighted by Gasteiger charge is -2.31. The molecule has 2 heterocycles. The molecule has 1 amide bonds. The molecule has 0 atom stereocenters. The first-order valence-corrected chi connectivity index (χ1v) is 12.7. The number of amides is 1. The number of carbonyl (C=O) groups excluding carboxylic acids is 1. The predicted octanol–water partition coefficient (Wildman–Crippen LogP) is 1.85. The Bertz CT molecular complexity index is 1140. The Labute approximate surface area is 195 Å². The van der Waals surface area contributed by atoms with Crippen molar-refractivity contribution in [3.63, 3.8) is 0 Å². The summed E-state index contributed by atoms with van der Waals surface area (Å²) in [4.78, 5) is 19.5. The molecule has 2 aliphatic rings. The standard InChI is InChI=1S/C24H29N5O3S/c1-26-12-16-29(17-13-26)33(31,32)23-5-2-4-21(18-23)24(30)28-11-3-10-27(14-15-28)22-8-6-20(19-25)7-9-22/h2,4-9,18H,3,10-17H2,1H3. The molecule has 2 aromatic rings. The fraction of sp³-hybridized carbons (Fsp3) is 0.417. The van der Waals surface area contributed by atoms with Crippen molar-refractivity contribution in [1.82, 2.24) is 14.1 Å². The van der Waals surface area contributed by atoms with Crippen LogP contribution in [-0.2, 0) is 10.0 Å². The second-order valence-corrected chi connectivity index (χ2v) is 10.5. The first-order chi connectivity index (χ1) is 15.9. The molecule has 33 heavy (non-hydrogen) atoms. The number of likely N-dealkylation sites (N-methyl/N-ethyl adjacent to an activating group) is 1. The van der Waals surface area contributed by atoms with E-state index in [2.05, 4.69) is 15.9 Å². The van der Waals surface area contributed by atoms with E-state index in [4.69, 9.17) is 5.26 Å². The summed E-state index contributed by atoms with van der Waals surface area (Å²) in [6.45, 7) is 4.95. The molecule has 0 saturated carbocycles. The van der Waals surface area contributed by atoms with Crippen LogP contribution in [0, 0.1) is 11.3 Å². The molecule has 0 unspecified atom stereocenters. The van der Waals surface area contributed by atoms with Gasteiger partial charge >= 0.3 is 0 Å². The number of hydrogen-bond acceptors (Lipinski definition) is 6. The summed E-state index contributed by atoms with van der Waals surface area (Å²) in [5.74, 6) is -0.146. The van der Waals surface area contributed by atoms with Crippen molar-refractivity contribution < 1.29 is 13.2 Å². The fourth-order valence-electron chi connectivity index (χ4n) is 4.28. The van der Waals surface area contributed by atoms with E-state index < -0.39 is 10.0 Å². The molecule has 0 radical (unpaired) electrons. The Hall–Kier alpha value is -2.93. The lowest BCUT2D eigenvalue weighted by atomic mass is 10.2. The van der Waals surface area contributed by atoms with Gasteiger partial charge in [0.15, 0.2) is 0 Å². The summed E-state index contributed by atoms with van der Waals surface area (Å²) < 4.78 is 27.7. The quantitative estimate of drug-likeness (QED) is 0.682. The Morgan fingerprint density at radius 3 is 2.33 bits per heavy atom. The van der Waals surface area contributed by atoms with Crippen molar-refractivity contribution in [1.29, 1.82) is 5.26 Å². The number of benzene rings is 2. The van der Waals surface area contributed by atoms with Crippen LogP contribution in [0.25, 0.3) is 0 Å². The number of rotatable bonds is 4. The van der Waals surface area contributed by atoms with Gasteiger partial charge in [-0.1, -0.05) is 6.07 Å². The molecule has 9 heteroatoms. The number of hydrogen-bond donors (Lipinski definition) is 0. The molecular weight excluding hydrogens is 438 g/mol. The van der Waals surface area contributed by atoms with Crippen molar-refractivity contribution in [3.8, 4) is 6.07 Å². The van der Waals surface area contributed by atoms with E-state index in [0.29, 0.717) is 56.9 Å². The van der Waals surface area contributed by atoms with Gasteiger partial charge in [0.1, 0.15) is 0 Å². The highest BCUT2D eigenvalue weighted by Gasteiger charge is 2.28. The summed E-state index contributed by atoms with van der Waals surface area (Å²) in [6.07, 6.45) is 0.811. The zero-order chi connectivity index (χ0) is 23.4. The zero-order valence-corrected chi connectivity index (χ0v) is 19.7. The van der Waals surface area contributed by atoms with Crippen LogP contribution < -0.4 is 4.90 Å². The third-order valence-electron chi connectivity index (χ3n) is 6.33. The number of nitriles is 1. The van der Waals surface area contributed by atoms with Crippen LogP contribution in [-0.4, -0.2) is 87.8 Å². The minimum absolute atomic E-state index is 0.146. The fourth-order valence-corrected chi connectivity index (χ4v) is 5.74. The molecule has 0 aliphatic carbocycles. The summed E-state index contributed by atoms with van der Waals surface area (Å²) in [5.41, 5.74) is 2.05. The van der Waals surface area contributed by atoms with Gasteiger partial charge in [0.25, 0.3) is 5.91 Å². The zero-order valence-electron chi connectivity index (χ0n) is 18.9. The Kier molecular flexibility index (Phi) is 6.98. The van der Waals surface area contributed by atoms with E-state index in [1.54, 1.807) is 35.2 Å². The third kappa shape index (κ3) is 5.19. The maximum atomic E-state index is 13.2. The smallest absolute Gasteiger partial charge is 0.253 e. The average molecular weight is 468 g/mol. The number of sulfonamides is 1.